The van der Waals surface area contributed by atoms with Gasteiger partial charge < -0.3 is 22.9 Å². The van der Waals surface area contributed by atoms with Crippen LogP contribution in [-0.2, 0) is 0 Å². The van der Waals surface area contributed by atoms with E-state index >= 15 is 0 Å². The summed E-state index contributed by atoms with van der Waals surface area (Å²) in [5, 5.41) is 3.23. The van der Waals surface area contributed by atoms with Gasteiger partial charge in [0.2, 0.25) is 0 Å². The van der Waals surface area contributed by atoms with Gasteiger partial charge in [-0.15, -0.1) is 0 Å². The second-order valence-electron chi connectivity index (χ2n) is 4.85. The standard InChI is InChI=1S/C14H10Cl4N4/c15-7-9(17)13(21)5-2-6-4(1-3(5)11(7)19)12(20)8(16)10(18)14(6)22/h1-2H,19-22H2. The summed E-state index contributed by atoms with van der Waals surface area (Å²) in [7, 11) is 0. The molecule has 0 atom stereocenters. The zero-order valence-electron chi connectivity index (χ0n) is 11.0. The molecule has 0 bridgehead atoms. The molecule has 0 fully saturated rings. The molecule has 0 heterocycles. The SMILES string of the molecule is Nc1c(Cl)c(Cl)c(N)c2cc3c(N)c(Cl)c(Cl)c(N)c3cc12. The van der Waals surface area contributed by atoms with Gasteiger partial charge in [-0.2, -0.15) is 0 Å². The fraction of sp³-hybridized carbons (Fsp3) is 0. The third-order valence-corrected chi connectivity index (χ3v) is 5.41. The quantitative estimate of drug-likeness (QED) is 0.330. The molecular weight excluding hydrogens is 366 g/mol. The fourth-order valence-corrected chi connectivity index (χ4v) is 3.25. The number of hydrogen-bond acceptors (Lipinski definition) is 4. The smallest absolute Gasteiger partial charge is 0.0849 e. The van der Waals surface area contributed by atoms with Crippen LogP contribution < -0.4 is 22.9 Å². The Bertz CT molecular complexity index is 816. The Morgan fingerprint density at radius 3 is 0.818 bits per heavy atom. The zero-order chi connectivity index (χ0) is 16.3. The molecule has 3 rings (SSSR count). The minimum absolute atomic E-state index is 0.192. The molecule has 0 saturated heterocycles. The van der Waals surface area contributed by atoms with Gasteiger partial charge in [-0.1, -0.05) is 46.4 Å². The predicted octanol–water partition coefficient (Wildman–Crippen LogP) is 4.94. The lowest BCUT2D eigenvalue weighted by Crippen LogP contribution is -1.99. The van der Waals surface area contributed by atoms with E-state index in [4.69, 9.17) is 69.3 Å². The van der Waals surface area contributed by atoms with Gasteiger partial charge in [-0.05, 0) is 12.1 Å². The highest BCUT2D eigenvalue weighted by Crippen LogP contribution is 2.46. The summed E-state index contributed by atoms with van der Waals surface area (Å²) >= 11 is 24.4. The highest BCUT2D eigenvalue weighted by atomic mass is 35.5. The number of rotatable bonds is 0. The Labute approximate surface area is 145 Å². The molecule has 114 valence electrons. The number of benzene rings is 3. The molecule has 0 aromatic heterocycles. The van der Waals surface area contributed by atoms with Crippen molar-refractivity contribution in [2.45, 2.75) is 0 Å². The second-order valence-corrected chi connectivity index (χ2v) is 6.37. The molecule has 8 N–H and O–H groups in total. The number of fused-ring (bicyclic) bond motifs is 2. The van der Waals surface area contributed by atoms with E-state index in [1.165, 1.54) is 0 Å². The topological polar surface area (TPSA) is 104 Å². The molecule has 0 aliphatic heterocycles. The Hall–Kier alpha value is -1.46. The number of anilines is 4. The summed E-state index contributed by atoms with van der Waals surface area (Å²) < 4.78 is 0. The van der Waals surface area contributed by atoms with Crippen LogP contribution >= 0.6 is 46.4 Å². The van der Waals surface area contributed by atoms with E-state index in [2.05, 4.69) is 0 Å². The summed E-state index contributed by atoms with van der Waals surface area (Å²) in [6, 6.07) is 3.46. The first-order valence-corrected chi connectivity index (χ1v) is 7.58. The summed E-state index contributed by atoms with van der Waals surface area (Å²) in [5.41, 5.74) is 25.4. The van der Waals surface area contributed by atoms with Crippen LogP contribution in [0.15, 0.2) is 12.1 Å². The minimum atomic E-state index is 0.192. The van der Waals surface area contributed by atoms with Crippen molar-refractivity contribution in [3.63, 3.8) is 0 Å². The van der Waals surface area contributed by atoms with Crippen LogP contribution in [0.5, 0.6) is 0 Å². The average Bonchev–Trinajstić information content (AvgIpc) is 2.52. The maximum atomic E-state index is 6.10. The molecule has 8 heteroatoms. The van der Waals surface area contributed by atoms with E-state index in [1.807, 2.05) is 0 Å². The lowest BCUT2D eigenvalue weighted by Gasteiger charge is -2.15. The molecule has 0 amide bonds. The van der Waals surface area contributed by atoms with Crippen LogP contribution in [0.4, 0.5) is 22.7 Å². The fourth-order valence-electron chi connectivity index (χ4n) is 2.44. The van der Waals surface area contributed by atoms with Crippen LogP contribution in [0, 0.1) is 0 Å². The van der Waals surface area contributed by atoms with Gasteiger partial charge in [-0.25, -0.2) is 0 Å². The minimum Gasteiger partial charge on any atom is -0.397 e. The molecule has 0 radical (unpaired) electrons. The highest BCUT2D eigenvalue weighted by Gasteiger charge is 2.18. The van der Waals surface area contributed by atoms with Crippen molar-refractivity contribution in [2.75, 3.05) is 22.9 Å². The lowest BCUT2D eigenvalue weighted by molar-refractivity contribution is 1.70. The number of hydrogen-bond donors (Lipinski definition) is 4. The molecule has 0 aliphatic rings. The van der Waals surface area contributed by atoms with Crippen LogP contribution in [0.1, 0.15) is 0 Å². The van der Waals surface area contributed by atoms with Crippen LogP contribution in [0.25, 0.3) is 21.5 Å². The van der Waals surface area contributed by atoms with Crippen molar-refractivity contribution in [3.8, 4) is 0 Å². The van der Waals surface area contributed by atoms with E-state index in [9.17, 15) is 0 Å². The zero-order valence-corrected chi connectivity index (χ0v) is 14.0. The van der Waals surface area contributed by atoms with Crippen LogP contribution in [0.2, 0.25) is 20.1 Å². The molecular formula is C14H10Cl4N4. The number of nitrogen functional groups attached to an aromatic ring is 4. The van der Waals surface area contributed by atoms with E-state index in [0.29, 0.717) is 44.3 Å². The Balaban J connectivity index is 2.64. The summed E-state index contributed by atoms with van der Waals surface area (Å²) in [6.07, 6.45) is 0. The molecule has 0 spiro atoms. The third kappa shape index (κ3) is 1.92. The molecule has 4 nitrogen and oxygen atoms in total. The Morgan fingerprint density at radius 1 is 0.455 bits per heavy atom. The third-order valence-electron chi connectivity index (χ3n) is 3.65. The van der Waals surface area contributed by atoms with Gasteiger partial charge in [0, 0.05) is 21.5 Å². The van der Waals surface area contributed by atoms with Gasteiger partial charge in [0.15, 0.2) is 0 Å². The van der Waals surface area contributed by atoms with Gasteiger partial charge in [0.1, 0.15) is 0 Å². The van der Waals surface area contributed by atoms with Crippen molar-refractivity contribution < 1.29 is 0 Å². The first kappa shape index (κ1) is 15.4. The van der Waals surface area contributed by atoms with Crippen LogP contribution in [0.3, 0.4) is 0 Å². The van der Waals surface area contributed by atoms with Crippen molar-refractivity contribution in [3.05, 3.63) is 32.2 Å². The maximum absolute atomic E-state index is 6.10. The molecule has 0 saturated carbocycles. The molecule has 3 aromatic rings. The van der Waals surface area contributed by atoms with E-state index < -0.39 is 0 Å². The Morgan fingerprint density at radius 2 is 0.636 bits per heavy atom. The van der Waals surface area contributed by atoms with Gasteiger partial charge in [-0.3, -0.25) is 0 Å². The van der Waals surface area contributed by atoms with E-state index in [-0.39, 0.29) is 20.1 Å². The first-order chi connectivity index (χ1) is 10.3. The predicted molar refractivity (Wildman–Crippen MR) is 99.1 cm³/mol. The molecule has 3 aromatic carbocycles. The lowest BCUT2D eigenvalue weighted by atomic mass is 9.99. The molecule has 0 aliphatic carbocycles. The van der Waals surface area contributed by atoms with Crippen molar-refractivity contribution in [1.82, 2.24) is 0 Å². The summed E-state index contributed by atoms with van der Waals surface area (Å²) in [6.45, 7) is 0. The summed E-state index contributed by atoms with van der Waals surface area (Å²) in [5.74, 6) is 0. The maximum Gasteiger partial charge on any atom is 0.0849 e. The van der Waals surface area contributed by atoms with E-state index in [0.717, 1.165) is 0 Å². The first-order valence-electron chi connectivity index (χ1n) is 6.07. The van der Waals surface area contributed by atoms with Gasteiger partial charge in [0.05, 0.1) is 42.8 Å². The normalized spacial score (nSPS) is 11.5. The second kappa shape index (κ2) is 5.03. The van der Waals surface area contributed by atoms with E-state index in [1.54, 1.807) is 12.1 Å². The Kier molecular flexibility index (Phi) is 3.53. The van der Waals surface area contributed by atoms with Crippen LogP contribution in [-0.4, -0.2) is 0 Å². The van der Waals surface area contributed by atoms with Gasteiger partial charge >= 0.3 is 0 Å². The van der Waals surface area contributed by atoms with Crippen molar-refractivity contribution in [2.24, 2.45) is 0 Å². The number of halogens is 4. The summed E-state index contributed by atoms with van der Waals surface area (Å²) in [4.78, 5) is 0. The number of nitrogens with two attached hydrogens (primary N) is 4. The molecule has 22 heavy (non-hydrogen) atoms. The largest absolute Gasteiger partial charge is 0.397 e. The highest BCUT2D eigenvalue weighted by molar-refractivity contribution is 6.49. The van der Waals surface area contributed by atoms with Gasteiger partial charge in [0.25, 0.3) is 0 Å². The molecule has 0 unspecified atom stereocenters. The van der Waals surface area contributed by atoms with Crippen molar-refractivity contribution >= 4 is 90.7 Å². The monoisotopic (exact) mass is 374 g/mol. The van der Waals surface area contributed by atoms with Crippen molar-refractivity contribution in [1.29, 1.82) is 0 Å². The average molecular weight is 376 g/mol.